The Morgan fingerprint density at radius 2 is 2.09 bits per heavy atom. The molecule has 1 heterocycles. The summed E-state index contributed by atoms with van der Waals surface area (Å²) < 4.78 is 0. The van der Waals surface area contributed by atoms with E-state index in [0.29, 0.717) is 13.0 Å². The minimum Gasteiger partial charge on any atom is -0.480 e. The van der Waals surface area contributed by atoms with E-state index in [0.717, 1.165) is 0 Å². The first-order valence-corrected chi connectivity index (χ1v) is 3.84. The van der Waals surface area contributed by atoms with Crippen molar-refractivity contribution in [2.24, 2.45) is 0 Å². The number of hydrogen-bond acceptors (Lipinski definition) is 3. The Morgan fingerprint density at radius 3 is 2.27 bits per heavy atom. The molecule has 4 heteroatoms. The smallest absolute Gasteiger partial charge is 0.320 e. The minimum atomic E-state index is -0.883. The fraction of sp³-hybridized carbons (Fsp3) is 0.857. The molecule has 0 amide bonds. The van der Waals surface area contributed by atoms with Crippen LogP contribution in [0.5, 0.6) is 0 Å². The highest BCUT2D eigenvalue weighted by atomic mass is 16.4. The van der Waals surface area contributed by atoms with Gasteiger partial charge < -0.3 is 15.5 Å². The summed E-state index contributed by atoms with van der Waals surface area (Å²) in [4.78, 5) is 10.2. The molecular weight excluding hydrogens is 146 g/mol. The lowest BCUT2D eigenvalue weighted by Crippen LogP contribution is -2.29. The van der Waals surface area contributed by atoms with Gasteiger partial charge in [-0.15, -0.1) is 0 Å². The Morgan fingerprint density at radius 1 is 1.55 bits per heavy atom. The van der Waals surface area contributed by atoms with Crippen LogP contribution in [0.2, 0.25) is 0 Å². The Labute approximate surface area is 66.2 Å². The van der Waals surface area contributed by atoms with Gasteiger partial charge in [0, 0.05) is 13.0 Å². The quantitative estimate of drug-likeness (QED) is 0.499. The molecule has 11 heavy (non-hydrogen) atoms. The highest BCUT2D eigenvalue weighted by Gasteiger charge is 2.27. The summed E-state index contributed by atoms with van der Waals surface area (Å²) in [7, 11) is 0. The normalized spacial score (nSPS) is 29.0. The molecule has 0 aromatic rings. The molecule has 66 valence electrons. The van der Waals surface area contributed by atoms with Crippen molar-refractivity contribution in [2.45, 2.75) is 32.4 Å². The second-order valence-electron chi connectivity index (χ2n) is 2.19. The van der Waals surface area contributed by atoms with Crippen molar-refractivity contribution in [3.05, 3.63) is 0 Å². The number of hydrogen-bond donors (Lipinski definition) is 3. The lowest BCUT2D eigenvalue weighted by atomic mass is 10.2. The van der Waals surface area contributed by atoms with Gasteiger partial charge in [-0.05, 0) is 0 Å². The maximum Gasteiger partial charge on any atom is 0.320 e. The van der Waals surface area contributed by atoms with Gasteiger partial charge in [0.1, 0.15) is 6.04 Å². The van der Waals surface area contributed by atoms with Crippen LogP contribution in [0, 0.1) is 0 Å². The zero-order valence-electron chi connectivity index (χ0n) is 6.87. The van der Waals surface area contributed by atoms with Crippen LogP contribution in [0.1, 0.15) is 20.3 Å². The van der Waals surface area contributed by atoms with Crippen LogP contribution in [0.4, 0.5) is 0 Å². The van der Waals surface area contributed by atoms with E-state index in [1.54, 1.807) is 0 Å². The molecule has 0 aromatic carbocycles. The van der Waals surface area contributed by atoms with Gasteiger partial charge in [-0.2, -0.15) is 0 Å². The summed E-state index contributed by atoms with van der Waals surface area (Å²) >= 11 is 0. The van der Waals surface area contributed by atoms with Crippen molar-refractivity contribution in [3.8, 4) is 0 Å². The zero-order valence-corrected chi connectivity index (χ0v) is 6.87. The zero-order chi connectivity index (χ0) is 8.85. The summed E-state index contributed by atoms with van der Waals surface area (Å²) in [6.45, 7) is 4.40. The molecule has 2 atom stereocenters. The number of β-amino-alcohol motifs (C(OH)–C–C–N with tert-alkyl or cyclic N) is 1. The van der Waals surface area contributed by atoms with Gasteiger partial charge in [0.2, 0.25) is 0 Å². The van der Waals surface area contributed by atoms with Gasteiger partial charge in [0.05, 0.1) is 6.10 Å². The van der Waals surface area contributed by atoms with Crippen LogP contribution >= 0.6 is 0 Å². The van der Waals surface area contributed by atoms with Crippen LogP contribution in [0.25, 0.3) is 0 Å². The monoisotopic (exact) mass is 161 g/mol. The summed E-state index contributed by atoms with van der Waals surface area (Å²) in [5.41, 5.74) is 0. The van der Waals surface area contributed by atoms with E-state index in [9.17, 15) is 4.79 Å². The van der Waals surface area contributed by atoms with Gasteiger partial charge in [-0.3, -0.25) is 4.79 Å². The summed E-state index contributed by atoms with van der Waals surface area (Å²) in [5.74, 6) is -0.883. The van der Waals surface area contributed by atoms with Crippen molar-refractivity contribution in [3.63, 3.8) is 0 Å². The maximum absolute atomic E-state index is 10.2. The standard InChI is InChI=1S/C5H9NO3.C2H6/c7-3-1-4(5(8)9)6-2-3;1-2/h3-4,6-7H,1-2H2,(H,8,9);1-2H3. The third-order valence-electron chi connectivity index (χ3n) is 1.41. The van der Waals surface area contributed by atoms with Crippen molar-refractivity contribution >= 4 is 5.97 Å². The third-order valence-corrected chi connectivity index (χ3v) is 1.41. The first-order valence-electron chi connectivity index (χ1n) is 3.84. The van der Waals surface area contributed by atoms with Crippen LogP contribution in [-0.2, 0) is 4.79 Å². The molecule has 0 aromatic heterocycles. The summed E-state index contributed by atoms with van der Waals surface area (Å²) in [6.07, 6.45) is -0.152. The maximum atomic E-state index is 10.2. The van der Waals surface area contributed by atoms with Crippen molar-refractivity contribution in [2.75, 3.05) is 6.54 Å². The second kappa shape index (κ2) is 5.09. The molecule has 4 nitrogen and oxygen atoms in total. The highest BCUT2D eigenvalue weighted by molar-refractivity contribution is 5.73. The fourth-order valence-electron chi connectivity index (χ4n) is 0.905. The molecule has 0 radical (unpaired) electrons. The number of carbonyl (C=O) groups is 1. The van der Waals surface area contributed by atoms with Crippen LogP contribution in [-0.4, -0.2) is 34.9 Å². The molecule has 0 saturated carbocycles. The third kappa shape index (κ3) is 3.34. The number of carboxylic acid groups (broad SMARTS) is 1. The SMILES string of the molecule is CC.O=C(O)C1CC(O)CN1. The molecule has 0 spiro atoms. The van der Waals surface area contributed by atoms with Crippen LogP contribution < -0.4 is 5.32 Å². The van der Waals surface area contributed by atoms with E-state index in [1.165, 1.54) is 0 Å². The van der Waals surface area contributed by atoms with Crippen LogP contribution in [0.15, 0.2) is 0 Å². The largest absolute Gasteiger partial charge is 0.480 e. The first kappa shape index (κ1) is 10.4. The molecule has 1 saturated heterocycles. The number of aliphatic carboxylic acids is 1. The lowest BCUT2D eigenvalue weighted by molar-refractivity contribution is -0.139. The summed E-state index contributed by atoms with van der Waals surface area (Å²) in [5, 5.41) is 19.8. The molecule has 0 bridgehead atoms. The average Bonchev–Trinajstić information content (AvgIpc) is 2.40. The number of nitrogens with one attached hydrogen (secondary N) is 1. The number of aliphatic hydroxyl groups excluding tert-OH is 1. The Hall–Kier alpha value is -0.610. The lowest BCUT2D eigenvalue weighted by Gasteiger charge is -1.99. The first-order chi connectivity index (χ1) is 5.20. The molecule has 1 aliphatic rings. The molecule has 1 rings (SSSR count). The van der Waals surface area contributed by atoms with Crippen molar-refractivity contribution in [1.82, 2.24) is 5.32 Å². The van der Waals surface area contributed by atoms with Gasteiger partial charge in [0.15, 0.2) is 0 Å². The van der Waals surface area contributed by atoms with E-state index < -0.39 is 18.1 Å². The molecular formula is C7H15NO3. The van der Waals surface area contributed by atoms with Crippen molar-refractivity contribution < 1.29 is 15.0 Å². The summed E-state index contributed by atoms with van der Waals surface area (Å²) in [6, 6.07) is -0.542. The molecule has 1 fully saturated rings. The molecule has 1 aliphatic heterocycles. The highest BCUT2D eigenvalue weighted by Crippen LogP contribution is 2.05. The predicted molar refractivity (Wildman–Crippen MR) is 41.4 cm³/mol. The minimum absolute atomic E-state index is 0.329. The molecule has 0 aliphatic carbocycles. The average molecular weight is 161 g/mol. The Balaban J connectivity index is 0.000000461. The fourth-order valence-corrected chi connectivity index (χ4v) is 0.905. The predicted octanol–water partition coefficient (Wildman–Crippen LogP) is -0.180. The number of rotatable bonds is 1. The Kier molecular flexibility index (Phi) is 4.81. The Bertz CT molecular complexity index is 127. The van der Waals surface area contributed by atoms with Gasteiger partial charge in [0.25, 0.3) is 0 Å². The van der Waals surface area contributed by atoms with Gasteiger partial charge in [-0.1, -0.05) is 13.8 Å². The van der Waals surface area contributed by atoms with Crippen LogP contribution in [0.3, 0.4) is 0 Å². The van der Waals surface area contributed by atoms with Gasteiger partial charge >= 0.3 is 5.97 Å². The van der Waals surface area contributed by atoms with E-state index >= 15 is 0 Å². The topological polar surface area (TPSA) is 69.6 Å². The van der Waals surface area contributed by atoms with E-state index in [2.05, 4.69) is 5.32 Å². The second-order valence-corrected chi connectivity index (χ2v) is 2.19. The van der Waals surface area contributed by atoms with Crippen molar-refractivity contribution in [1.29, 1.82) is 0 Å². The van der Waals surface area contributed by atoms with E-state index in [4.69, 9.17) is 10.2 Å². The molecule has 3 N–H and O–H groups in total. The van der Waals surface area contributed by atoms with E-state index in [-0.39, 0.29) is 0 Å². The molecule has 2 unspecified atom stereocenters. The number of carboxylic acids is 1. The van der Waals surface area contributed by atoms with E-state index in [1.807, 2.05) is 13.8 Å². The van der Waals surface area contributed by atoms with Gasteiger partial charge in [-0.25, -0.2) is 0 Å². The number of aliphatic hydroxyl groups is 1.